The van der Waals surface area contributed by atoms with Crippen LogP contribution in [-0.4, -0.2) is 39.2 Å². The number of nitrogens with zero attached hydrogens (tertiary/aromatic N) is 4. The minimum Gasteiger partial charge on any atom is -0.496 e. The van der Waals surface area contributed by atoms with E-state index in [-0.39, 0.29) is 5.91 Å². The lowest BCUT2D eigenvalue weighted by Crippen LogP contribution is -2.30. The molecule has 0 unspecified atom stereocenters. The van der Waals surface area contributed by atoms with Gasteiger partial charge in [-0.3, -0.25) is 9.48 Å². The van der Waals surface area contributed by atoms with Gasteiger partial charge in [0.15, 0.2) is 0 Å². The van der Waals surface area contributed by atoms with Crippen LogP contribution in [0.5, 0.6) is 5.75 Å². The van der Waals surface area contributed by atoms with Gasteiger partial charge in [0.1, 0.15) is 18.4 Å². The molecule has 0 spiro atoms. The van der Waals surface area contributed by atoms with Gasteiger partial charge in [-0.05, 0) is 12.5 Å². The monoisotopic (exact) mass is 314 g/mol. The molecule has 0 aliphatic heterocycles. The van der Waals surface area contributed by atoms with Gasteiger partial charge in [0.05, 0.1) is 7.11 Å². The molecule has 0 aliphatic rings. The summed E-state index contributed by atoms with van der Waals surface area (Å²) < 4.78 is 7.08. The molecule has 2 rings (SSSR count). The zero-order chi connectivity index (χ0) is 16.5. The predicted molar refractivity (Wildman–Crippen MR) is 87.9 cm³/mol. The van der Waals surface area contributed by atoms with Crippen molar-refractivity contribution in [3.63, 3.8) is 0 Å². The molecule has 0 atom stereocenters. The van der Waals surface area contributed by atoms with Crippen LogP contribution in [0.25, 0.3) is 0 Å². The molecule has 0 N–H and O–H groups in total. The molecule has 0 saturated heterocycles. The first kappa shape index (κ1) is 16.7. The predicted octanol–water partition coefficient (Wildman–Crippen LogP) is 2.28. The van der Waals surface area contributed by atoms with E-state index in [0.717, 1.165) is 17.7 Å². The van der Waals surface area contributed by atoms with Crippen molar-refractivity contribution in [3.8, 4) is 5.75 Å². The third-order valence-corrected chi connectivity index (χ3v) is 3.50. The molecular formula is C17H22N4O2. The van der Waals surface area contributed by atoms with E-state index in [1.165, 1.54) is 6.33 Å². The van der Waals surface area contributed by atoms with Crippen LogP contribution in [0.15, 0.2) is 49.6 Å². The number of hydrogen-bond donors (Lipinski definition) is 0. The topological polar surface area (TPSA) is 60.2 Å². The molecule has 122 valence electrons. The lowest BCUT2D eigenvalue weighted by atomic mass is 10.1. The number of benzene rings is 1. The van der Waals surface area contributed by atoms with Gasteiger partial charge < -0.3 is 9.64 Å². The van der Waals surface area contributed by atoms with E-state index in [9.17, 15) is 4.79 Å². The number of para-hydroxylation sites is 1. The van der Waals surface area contributed by atoms with Crippen LogP contribution in [0.2, 0.25) is 0 Å². The van der Waals surface area contributed by atoms with Crippen molar-refractivity contribution in [2.45, 2.75) is 25.9 Å². The fourth-order valence-corrected chi connectivity index (χ4v) is 2.35. The summed E-state index contributed by atoms with van der Waals surface area (Å²) in [5.74, 6) is 0.882. The summed E-state index contributed by atoms with van der Waals surface area (Å²) in [4.78, 5) is 18.1. The van der Waals surface area contributed by atoms with Crippen LogP contribution in [0.4, 0.5) is 0 Å². The highest BCUT2D eigenvalue weighted by molar-refractivity contribution is 5.76. The van der Waals surface area contributed by atoms with Crippen molar-refractivity contribution in [2.24, 2.45) is 0 Å². The summed E-state index contributed by atoms with van der Waals surface area (Å²) in [6.07, 6.45) is 6.07. The van der Waals surface area contributed by atoms with Crippen molar-refractivity contribution >= 4 is 5.91 Å². The Morgan fingerprint density at radius 1 is 1.43 bits per heavy atom. The number of rotatable bonds is 9. The van der Waals surface area contributed by atoms with Crippen LogP contribution < -0.4 is 4.74 Å². The lowest BCUT2D eigenvalue weighted by Gasteiger charge is -2.22. The Balaban J connectivity index is 1.93. The molecule has 1 heterocycles. The summed E-state index contributed by atoms with van der Waals surface area (Å²) in [5, 5.41) is 4.03. The van der Waals surface area contributed by atoms with Crippen molar-refractivity contribution in [1.29, 1.82) is 0 Å². The molecule has 6 nitrogen and oxygen atoms in total. The highest BCUT2D eigenvalue weighted by atomic mass is 16.5. The zero-order valence-corrected chi connectivity index (χ0v) is 13.4. The lowest BCUT2D eigenvalue weighted by molar-refractivity contribution is -0.131. The maximum Gasteiger partial charge on any atom is 0.223 e. The Morgan fingerprint density at radius 2 is 2.26 bits per heavy atom. The number of aromatic nitrogens is 3. The highest BCUT2D eigenvalue weighted by Crippen LogP contribution is 2.19. The van der Waals surface area contributed by atoms with E-state index >= 15 is 0 Å². The van der Waals surface area contributed by atoms with Gasteiger partial charge in [0.25, 0.3) is 0 Å². The van der Waals surface area contributed by atoms with Gasteiger partial charge >= 0.3 is 0 Å². The summed E-state index contributed by atoms with van der Waals surface area (Å²) in [6.45, 7) is 5.45. The van der Waals surface area contributed by atoms with Crippen LogP contribution in [0, 0.1) is 0 Å². The first-order chi connectivity index (χ1) is 11.2. The normalized spacial score (nSPS) is 10.3. The van der Waals surface area contributed by atoms with Gasteiger partial charge in [-0.2, -0.15) is 5.10 Å². The van der Waals surface area contributed by atoms with Crippen LogP contribution in [0.1, 0.15) is 18.4 Å². The van der Waals surface area contributed by atoms with Gasteiger partial charge in [-0.15, -0.1) is 6.58 Å². The van der Waals surface area contributed by atoms with Crippen molar-refractivity contribution in [1.82, 2.24) is 19.7 Å². The van der Waals surface area contributed by atoms with Gasteiger partial charge in [-0.25, -0.2) is 4.98 Å². The molecule has 6 heteroatoms. The number of aryl methyl sites for hydroxylation is 1. The third-order valence-electron chi connectivity index (χ3n) is 3.50. The molecule has 0 saturated carbocycles. The largest absolute Gasteiger partial charge is 0.496 e. The van der Waals surface area contributed by atoms with Gasteiger partial charge in [0, 0.05) is 31.6 Å². The molecule has 1 aromatic carbocycles. The Morgan fingerprint density at radius 3 is 2.96 bits per heavy atom. The first-order valence-corrected chi connectivity index (χ1v) is 7.57. The minimum absolute atomic E-state index is 0.0934. The van der Waals surface area contributed by atoms with Gasteiger partial charge in [0.2, 0.25) is 5.91 Å². The molecule has 2 aromatic rings. The molecule has 0 bridgehead atoms. The second-order valence-electron chi connectivity index (χ2n) is 5.14. The molecule has 0 aliphatic carbocycles. The van der Waals surface area contributed by atoms with E-state index < -0.39 is 0 Å². The number of amides is 1. The molecule has 23 heavy (non-hydrogen) atoms. The van der Waals surface area contributed by atoms with Crippen molar-refractivity contribution in [3.05, 3.63) is 55.1 Å². The number of methoxy groups -OCH3 is 1. The number of hydrogen-bond acceptors (Lipinski definition) is 4. The summed E-state index contributed by atoms with van der Waals surface area (Å²) in [5.41, 5.74) is 0.987. The smallest absolute Gasteiger partial charge is 0.223 e. The third kappa shape index (κ3) is 4.95. The first-order valence-electron chi connectivity index (χ1n) is 7.57. The van der Waals surface area contributed by atoms with Gasteiger partial charge in [-0.1, -0.05) is 24.3 Å². The Hall–Kier alpha value is -2.63. The zero-order valence-electron chi connectivity index (χ0n) is 13.4. The van der Waals surface area contributed by atoms with E-state index in [1.54, 1.807) is 29.1 Å². The quantitative estimate of drug-likeness (QED) is 0.666. The fourth-order valence-electron chi connectivity index (χ4n) is 2.35. The highest BCUT2D eigenvalue weighted by Gasteiger charge is 2.14. The molecule has 0 fully saturated rings. The van der Waals surface area contributed by atoms with Crippen LogP contribution in [-0.2, 0) is 17.9 Å². The second kappa shape index (κ2) is 8.73. The van der Waals surface area contributed by atoms with E-state index in [4.69, 9.17) is 4.74 Å². The maximum atomic E-state index is 12.5. The van der Waals surface area contributed by atoms with E-state index in [2.05, 4.69) is 16.7 Å². The Kier molecular flexibility index (Phi) is 6.35. The fraction of sp³-hybridized carbons (Fsp3) is 0.353. The number of carbonyl (C=O) groups is 1. The molecular weight excluding hydrogens is 292 g/mol. The number of carbonyl (C=O) groups excluding carboxylic acids is 1. The Labute approximate surface area is 136 Å². The second-order valence-corrected chi connectivity index (χ2v) is 5.14. The average molecular weight is 314 g/mol. The van der Waals surface area contributed by atoms with Crippen LogP contribution in [0.3, 0.4) is 0 Å². The summed E-state index contributed by atoms with van der Waals surface area (Å²) >= 11 is 0. The van der Waals surface area contributed by atoms with Crippen molar-refractivity contribution < 1.29 is 9.53 Å². The van der Waals surface area contributed by atoms with E-state index in [1.807, 2.05) is 24.3 Å². The summed E-state index contributed by atoms with van der Waals surface area (Å²) in [6, 6.07) is 7.73. The molecule has 0 radical (unpaired) electrons. The molecule has 1 aromatic heterocycles. The number of ether oxygens (including phenoxy) is 1. The SMILES string of the molecule is C=CCN(Cc1ccccc1OC)C(=O)CCCn1cncn1. The molecule has 1 amide bonds. The standard InChI is InChI=1S/C17H22N4O2/c1-3-10-20(12-15-7-4-5-8-16(15)23-2)17(22)9-6-11-21-14-18-13-19-21/h3-5,7-8,13-14H,1,6,9-12H2,2H3. The Bertz CT molecular complexity index is 625. The maximum absolute atomic E-state index is 12.5. The van der Waals surface area contributed by atoms with Crippen LogP contribution >= 0.6 is 0 Å². The minimum atomic E-state index is 0.0934. The summed E-state index contributed by atoms with van der Waals surface area (Å²) in [7, 11) is 1.64. The van der Waals surface area contributed by atoms with E-state index in [0.29, 0.717) is 26.1 Å². The average Bonchev–Trinajstić information content (AvgIpc) is 3.08. The van der Waals surface area contributed by atoms with Crippen molar-refractivity contribution in [2.75, 3.05) is 13.7 Å².